The van der Waals surface area contributed by atoms with Crippen LogP contribution in [0.4, 0.5) is 0 Å². The quantitative estimate of drug-likeness (QED) is 0.666. The van der Waals surface area contributed by atoms with Crippen LogP contribution in [-0.2, 0) is 4.79 Å². The molecule has 0 bridgehead atoms. The van der Waals surface area contributed by atoms with Gasteiger partial charge in [-0.1, -0.05) is 13.3 Å². The van der Waals surface area contributed by atoms with Crippen LogP contribution in [0.15, 0.2) is 24.5 Å². The number of pyridine rings is 1. The first-order chi connectivity index (χ1) is 8.74. The third-order valence-corrected chi connectivity index (χ3v) is 2.71. The van der Waals surface area contributed by atoms with Crippen molar-refractivity contribution in [1.82, 2.24) is 9.88 Å². The molecule has 18 heavy (non-hydrogen) atoms. The standard InChI is InChI=1S/C14H22N2O2/c1-3-4-10-16(2)14(17)8-6-11-18-13-7-5-9-15-12-13/h5,7,9,12H,3-4,6,8,10-11H2,1-2H3. The lowest BCUT2D eigenvalue weighted by molar-refractivity contribution is -0.130. The smallest absolute Gasteiger partial charge is 0.222 e. The monoisotopic (exact) mass is 250 g/mol. The Balaban J connectivity index is 2.12. The second-order valence-electron chi connectivity index (χ2n) is 4.31. The largest absolute Gasteiger partial charge is 0.492 e. The minimum absolute atomic E-state index is 0.193. The number of carbonyl (C=O) groups excluding carboxylic acids is 1. The number of ether oxygens (including phenoxy) is 1. The minimum Gasteiger partial charge on any atom is -0.492 e. The molecule has 1 rings (SSSR count). The molecule has 4 nitrogen and oxygen atoms in total. The van der Waals surface area contributed by atoms with Gasteiger partial charge in [0.25, 0.3) is 0 Å². The van der Waals surface area contributed by atoms with Crippen molar-refractivity contribution in [2.45, 2.75) is 32.6 Å². The number of aromatic nitrogens is 1. The van der Waals surface area contributed by atoms with E-state index >= 15 is 0 Å². The summed E-state index contributed by atoms with van der Waals surface area (Å²) in [5.41, 5.74) is 0. The Bertz CT molecular complexity index is 341. The van der Waals surface area contributed by atoms with Crippen molar-refractivity contribution in [3.05, 3.63) is 24.5 Å². The number of carbonyl (C=O) groups is 1. The highest BCUT2D eigenvalue weighted by atomic mass is 16.5. The van der Waals surface area contributed by atoms with Gasteiger partial charge < -0.3 is 9.64 Å². The van der Waals surface area contributed by atoms with Crippen molar-refractivity contribution < 1.29 is 9.53 Å². The van der Waals surface area contributed by atoms with E-state index in [1.807, 2.05) is 19.2 Å². The van der Waals surface area contributed by atoms with Crippen LogP contribution in [-0.4, -0.2) is 36.0 Å². The van der Waals surface area contributed by atoms with E-state index in [2.05, 4.69) is 11.9 Å². The van der Waals surface area contributed by atoms with Crippen LogP contribution in [0.1, 0.15) is 32.6 Å². The lowest BCUT2D eigenvalue weighted by Crippen LogP contribution is -2.27. The Kier molecular flexibility index (Phi) is 6.84. The summed E-state index contributed by atoms with van der Waals surface area (Å²) in [6, 6.07) is 3.70. The van der Waals surface area contributed by atoms with Crippen molar-refractivity contribution in [3.63, 3.8) is 0 Å². The number of rotatable bonds is 8. The summed E-state index contributed by atoms with van der Waals surface area (Å²) in [4.78, 5) is 17.5. The SMILES string of the molecule is CCCCN(C)C(=O)CCCOc1cccnc1. The fraction of sp³-hybridized carbons (Fsp3) is 0.571. The van der Waals surface area contributed by atoms with E-state index in [-0.39, 0.29) is 5.91 Å². The molecule has 0 aromatic carbocycles. The lowest BCUT2D eigenvalue weighted by atomic mass is 10.2. The van der Waals surface area contributed by atoms with Gasteiger partial charge in [0, 0.05) is 26.2 Å². The first kappa shape index (κ1) is 14.5. The highest BCUT2D eigenvalue weighted by molar-refractivity contribution is 5.75. The van der Waals surface area contributed by atoms with E-state index in [0.29, 0.717) is 13.0 Å². The number of hydrogen-bond donors (Lipinski definition) is 0. The molecule has 0 spiro atoms. The molecule has 0 aliphatic rings. The van der Waals surface area contributed by atoms with E-state index in [4.69, 9.17) is 4.74 Å². The maximum Gasteiger partial charge on any atom is 0.222 e. The predicted octanol–water partition coefficient (Wildman–Crippen LogP) is 2.50. The molecule has 1 aromatic heterocycles. The summed E-state index contributed by atoms with van der Waals surface area (Å²) >= 11 is 0. The molecule has 0 N–H and O–H groups in total. The fourth-order valence-electron chi connectivity index (χ4n) is 1.56. The summed E-state index contributed by atoms with van der Waals surface area (Å²) < 4.78 is 5.48. The molecule has 0 aliphatic carbocycles. The first-order valence-electron chi connectivity index (χ1n) is 6.51. The second kappa shape index (κ2) is 8.50. The van der Waals surface area contributed by atoms with Gasteiger partial charge in [-0.25, -0.2) is 0 Å². The van der Waals surface area contributed by atoms with Gasteiger partial charge in [0.05, 0.1) is 12.8 Å². The van der Waals surface area contributed by atoms with Gasteiger partial charge >= 0.3 is 0 Å². The van der Waals surface area contributed by atoms with Crippen molar-refractivity contribution in [2.24, 2.45) is 0 Å². The second-order valence-corrected chi connectivity index (χ2v) is 4.31. The van der Waals surface area contributed by atoms with Gasteiger partial charge in [-0.3, -0.25) is 9.78 Å². The van der Waals surface area contributed by atoms with Crippen molar-refractivity contribution in [1.29, 1.82) is 0 Å². The minimum atomic E-state index is 0.193. The lowest BCUT2D eigenvalue weighted by Gasteiger charge is -2.16. The maximum atomic E-state index is 11.7. The van der Waals surface area contributed by atoms with Gasteiger partial charge in [-0.2, -0.15) is 0 Å². The summed E-state index contributed by atoms with van der Waals surface area (Å²) in [7, 11) is 1.86. The number of amides is 1. The van der Waals surface area contributed by atoms with Crippen LogP contribution in [0, 0.1) is 0 Å². The summed E-state index contributed by atoms with van der Waals surface area (Å²) in [5, 5.41) is 0. The molecular weight excluding hydrogens is 228 g/mol. The molecule has 0 fully saturated rings. The van der Waals surface area contributed by atoms with Crippen molar-refractivity contribution in [3.8, 4) is 5.75 Å². The van der Waals surface area contributed by atoms with Gasteiger partial charge in [-0.15, -0.1) is 0 Å². The third-order valence-electron chi connectivity index (χ3n) is 2.71. The van der Waals surface area contributed by atoms with Crippen LogP contribution < -0.4 is 4.74 Å². The zero-order chi connectivity index (χ0) is 13.2. The number of nitrogens with zero attached hydrogens (tertiary/aromatic N) is 2. The van der Waals surface area contributed by atoms with Gasteiger partial charge in [-0.05, 0) is 25.0 Å². The summed E-state index contributed by atoms with van der Waals surface area (Å²) in [6.07, 6.45) is 6.84. The van der Waals surface area contributed by atoms with Crippen LogP contribution >= 0.6 is 0 Å². The van der Waals surface area contributed by atoms with E-state index in [1.165, 1.54) is 0 Å². The Hall–Kier alpha value is -1.58. The van der Waals surface area contributed by atoms with Crippen LogP contribution in [0.5, 0.6) is 5.75 Å². The van der Waals surface area contributed by atoms with Crippen molar-refractivity contribution >= 4 is 5.91 Å². The highest BCUT2D eigenvalue weighted by Gasteiger charge is 2.07. The Morgan fingerprint density at radius 1 is 1.44 bits per heavy atom. The molecule has 100 valence electrons. The number of unbranched alkanes of at least 4 members (excludes halogenated alkanes) is 1. The average Bonchev–Trinajstić information content (AvgIpc) is 2.41. The zero-order valence-corrected chi connectivity index (χ0v) is 11.3. The Morgan fingerprint density at radius 3 is 2.94 bits per heavy atom. The molecule has 0 aliphatic heterocycles. The topological polar surface area (TPSA) is 42.4 Å². The molecule has 0 atom stereocenters. The van der Waals surface area contributed by atoms with Crippen LogP contribution in [0.3, 0.4) is 0 Å². The van der Waals surface area contributed by atoms with E-state index in [1.54, 1.807) is 17.3 Å². The average molecular weight is 250 g/mol. The highest BCUT2D eigenvalue weighted by Crippen LogP contribution is 2.07. The first-order valence-corrected chi connectivity index (χ1v) is 6.51. The number of hydrogen-bond acceptors (Lipinski definition) is 3. The van der Waals surface area contributed by atoms with Gasteiger partial charge in [0.15, 0.2) is 0 Å². The molecule has 1 aromatic rings. The summed E-state index contributed by atoms with van der Waals surface area (Å²) in [6.45, 7) is 3.53. The summed E-state index contributed by atoms with van der Waals surface area (Å²) in [5.74, 6) is 0.947. The molecule has 0 unspecified atom stereocenters. The van der Waals surface area contributed by atoms with Gasteiger partial charge in [0.2, 0.25) is 5.91 Å². The van der Waals surface area contributed by atoms with E-state index < -0.39 is 0 Å². The maximum absolute atomic E-state index is 11.7. The predicted molar refractivity (Wildman–Crippen MR) is 71.5 cm³/mol. The third kappa shape index (κ3) is 5.66. The zero-order valence-electron chi connectivity index (χ0n) is 11.3. The molecule has 0 saturated heterocycles. The molecule has 1 amide bonds. The van der Waals surface area contributed by atoms with E-state index in [9.17, 15) is 4.79 Å². The molecule has 0 radical (unpaired) electrons. The molecule has 0 saturated carbocycles. The fourth-order valence-corrected chi connectivity index (χ4v) is 1.56. The van der Waals surface area contributed by atoms with Crippen LogP contribution in [0.25, 0.3) is 0 Å². The van der Waals surface area contributed by atoms with Crippen LogP contribution in [0.2, 0.25) is 0 Å². The Morgan fingerprint density at radius 2 is 2.28 bits per heavy atom. The van der Waals surface area contributed by atoms with Gasteiger partial charge in [0.1, 0.15) is 5.75 Å². The Labute approximate surface area is 109 Å². The van der Waals surface area contributed by atoms with E-state index in [0.717, 1.165) is 31.6 Å². The van der Waals surface area contributed by atoms with Crippen molar-refractivity contribution in [2.75, 3.05) is 20.2 Å². The molecular formula is C14H22N2O2. The molecule has 1 heterocycles. The normalized spacial score (nSPS) is 10.1. The molecule has 4 heteroatoms.